The van der Waals surface area contributed by atoms with Crippen LogP contribution in [0.25, 0.3) is 10.9 Å². The standard InChI is InChI=1S/C23H16N4O3/c24-12-15-8-9-17-19(22(28)26-20-7-2-1-6-18(20)23(29)30)14-27(21(17)11-15)13-16-5-3-4-10-25-16/h1-11,14H,13H2,(H,26,28)(H,29,30). The minimum Gasteiger partial charge on any atom is -0.478 e. The Labute approximate surface area is 171 Å². The van der Waals surface area contributed by atoms with E-state index in [1.54, 1.807) is 48.8 Å². The fourth-order valence-corrected chi connectivity index (χ4v) is 3.31. The van der Waals surface area contributed by atoms with Crippen LogP contribution in [0.3, 0.4) is 0 Å². The molecule has 7 heteroatoms. The number of rotatable bonds is 5. The molecule has 4 rings (SSSR count). The molecule has 0 atom stereocenters. The van der Waals surface area contributed by atoms with Crippen molar-refractivity contribution in [3.8, 4) is 6.07 Å². The molecular formula is C23H16N4O3. The molecule has 0 fully saturated rings. The van der Waals surface area contributed by atoms with Crippen LogP contribution >= 0.6 is 0 Å². The third-order valence-corrected chi connectivity index (χ3v) is 4.72. The Bertz CT molecular complexity index is 1300. The second-order valence-corrected chi connectivity index (χ2v) is 6.64. The van der Waals surface area contributed by atoms with E-state index in [1.165, 1.54) is 6.07 Å². The van der Waals surface area contributed by atoms with Crippen LogP contribution in [0.1, 0.15) is 32.0 Å². The van der Waals surface area contributed by atoms with Crippen molar-refractivity contribution in [2.75, 3.05) is 5.32 Å². The number of carboxylic acid groups (broad SMARTS) is 1. The van der Waals surface area contributed by atoms with Gasteiger partial charge < -0.3 is 15.0 Å². The summed E-state index contributed by atoms with van der Waals surface area (Å²) in [4.78, 5) is 28.8. The molecular weight excluding hydrogens is 380 g/mol. The maximum absolute atomic E-state index is 13.0. The highest BCUT2D eigenvalue weighted by Gasteiger charge is 2.18. The zero-order valence-electron chi connectivity index (χ0n) is 15.7. The lowest BCUT2D eigenvalue weighted by molar-refractivity contribution is 0.0698. The van der Waals surface area contributed by atoms with Crippen molar-refractivity contribution in [3.63, 3.8) is 0 Å². The zero-order valence-corrected chi connectivity index (χ0v) is 15.7. The van der Waals surface area contributed by atoms with Gasteiger partial charge in [-0.1, -0.05) is 24.3 Å². The predicted molar refractivity (Wildman–Crippen MR) is 111 cm³/mol. The number of pyridine rings is 1. The van der Waals surface area contributed by atoms with Gasteiger partial charge in [0, 0.05) is 17.8 Å². The van der Waals surface area contributed by atoms with Crippen LogP contribution in [-0.4, -0.2) is 26.5 Å². The molecule has 2 heterocycles. The largest absolute Gasteiger partial charge is 0.478 e. The summed E-state index contributed by atoms with van der Waals surface area (Å²) in [5.41, 5.74) is 2.61. The van der Waals surface area contributed by atoms with Crippen LogP contribution in [0, 0.1) is 11.3 Å². The Morgan fingerprint density at radius 1 is 1.07 bits per heavy atom. The maximum atomic E-state index is 13.0. The molecule has 0 saturated heterocycles. The number of carbonyl (C=O) groups is 2. The normalized spacial score (nSPS) is 10.5. The third kappa shape index (κ3) is 3.62. The van der Waals surface area contributed by atoms with Gasteiger partial charge in [-0.15, -0.1) is 0 Å². The minimum atomic E-state index is -1.12. The van der Waals surface area contributed by atoms with E-state index < -0.39 is 11.9 Å². The molecule has 0 unspecified atom stereocenters. The Morgan fingerprint density at radius 2 is 1.87 bits per heavy atom. The van der Waals surface area contributed by atoms with Gasteiger partial charge in [0.2, 0.25) is 0 Å². The second-order valence-electron chi connectivity index (χ2n) is 6.64. The van der Waals surface area contributed by atoms with Gasteiger partial charge in [0.25, 0.3) is 5.91 Å². The summed E-state index contributed by atoms with van der Waals surface area (Å²) in [5, 5.41) is 22.0. The summed E-state index contributed by atoms with van der Waals surface area (Å²) >= 11 is 0. The number of carboxylic acids is 1. The summed E-state index contributed by atoms with van der Waals surface area (Å²) in [5.74, 6) is -1.56. The number of benzene rings is 2. The fraction of sp³-hybridized carbons (Fsp3) is 0.0435. The van der Waals surface area contributed by atoms with E-state index in [4.69, 9.17) is 0 Å². The van der Waals surface area contributed by atoms with Gasteiger partial charge in [0.15, 0.2) is 0 Å². The van der Waals surface area contributed by atoms with Crippen molar-refractivity contribution in [2.24, 2.45) is 0 Å². The van der Waals surface area contributed by atoms with Gasteiger partial charge in [-0.25, -0.2) is 4.79 Å². The molecule has 2 aromatic carbocycles. The number of hydrogen-bond donors (Lipinski definition) is 2. The number of anilines is 1. The lowest BCUT2D eigenvalue weighted by Crippen LogP contribution is -2.14. The van der Waals surface area contributed by atoms with Gasteiger partial charge >= 0.3 is 5.97 Å². The first kappa shape index (κ1) is 18.9. The number of para-hydroxylation sites is 1. The molecule has 7 nitrogen and oxygen atoms in total. The smallest absolute Gasteiger partial charge is 0.337 e. The lowest BCUT2D eigenvalue weighted by atomic mass is 10.1. The molecule has 0 spiro atoms. The molecule has 0 aliphatic heterocycles. The average Bonchev–Trinajstić information content (AvgIpc) is 3.12. The van der Waals surface area contributed by atoms with Gasteiger partial charge in [-0.05, 0) is 36.4 Å². The van der Waals surface area contributed by atoms with Crippen LogP contribution in [0.5, 0.6) is 0 Å². The molecule has 2 aromatic heterocycles. The Kier molecular flexibility index (Phi) is 4.97. The quantitative estimate of drug-likeness (QED) is 0.532. The highest BCUT2D eigenvalue weighted by atomic mass is 16.4. The first-order chi connectivity index (χ1) is 14.6. The van der Waals surface area contributed by atoms with E-state index in [-0.39, 0.29) is 11.3 Å². The number of aromatic carboxylic acids is 1. The molecule has 146 valence electrons. The number of fused-ring (bicyclic) bond motifs is 1. The second kappa shape index (κ2) is 7.89. The maximum Gasteiger partial charge on any atom is 0.337 e. The van der Waals surface area contributed by atoms with E-state index in [9.17, 15) is 20.0 Å². The molecule has 2 N–H and O–H groups in total. The van der Waals surface area contributed by atoms with Crippen LogP contribution in [0.2, 0.25) is 0 Å². The molecule has 1 amide bonds. The minimum absolute atomic E-state index is 0.00911. The van der Waals surface area contributed by atoms with Crippen LogP contribution in [-0.2, 0) is 6.54 Å². The van der Waals surface area contributed by atoms with Crippen LogP contribution in [0.4, 0.5) is 5.69 Å². The Morgan fingerprint density at radius 3 is 2.60 bits per heavy atom. The van der Waals surface area contributed by atoms with Crippen LogP contribution < -0.4 is 5.32 Å². The van der Waals surface area contributed by atoms with E-state index in [1.807, 2.05) is 22.8 Å². The Hall–Kier alpha value is -4.44. The van der Waals surface area contributed by atoms with Gasteiger partial charge in [0.1, 0.15) is 0 Å². The summed E-state index contributed by atoms with van der Waals surface area (Å²) in [6.45, 7) is 0.422. The monoisotopic (exact) mass is 396 g/mol. The van der Waals surface area contributed by atoms with Gasteiger partial charge in [0.05, 0.1) is 46.2 Å². The molecule has 30 heavy (non-hydrogen) atoms. The van der Waals surface area contributed by atoms with E-state index in [2.05, 4.69) is 16.4 Å². The van der Waals surface area contributed by atoms with Crippen molar-refractivity contribution in [1.29, 1.82) is 5.26 Å². The number of amides is 1. The average molecular weight is 396 g/mol. The zero-order chi connectivity index (χ0) is 21.1. The number of nitrogens with one attached hydrogen (secondary N) is 1. The van der Waals surface area contributed by atoms with Gasteiger partial charge in [-0.3, -0.25) is 9.78 Å². The number of nitriles is 1. The lowest BCUT2D eigenvalue weighted by Gasteiger charge is -2.07. The number of hydrogen-bond acceptors (Lipinski definition) is 4. The van der Waals surface area contributed by atoms with Crippen molar-refractivity contribution >= 4 is 28.5 Å². The first-order valence-electron chi connectivity index (χ1n) is 9.13. The van der Waals surface area contributed by atoms with Crippen molar-refractivity contribution in [3.05, 3.63) is 95.4 Å². The van der Waals surface area contributed by atoms with Crippen molar-refractivity contribution < 1.29 is 14.7 Å². The first-order valence-corrected chi connectivity index (χ1v) is 9.13. The number of aromatic nitrogens is 2. The van der Waals surface area contributed by atoms with E-state index >= 15 is 0 Å². The number of carbonyl (C=O) groups excluding carboxylic acids is 1. The predicted octanol–water partition coefficient (Wildman–Crippen LogP) is 3.91. The highest BCUT2D eigenvalue weighted by Crippen LogP contribution is 2.25. The summed E-state index contributed by atoms with van der Waals surface area (Å²) in [6, 6.07) is 19.0. The van der Waals surface area contributed by atoms with Gasteiger partial charge in [-0.2, -0.15) is 5.26 Å². The van der Waals surface area contributed by atoms with E-state index in [0.29, 0.717) is 23.1 Å². The third-order valence-electron chi connectivity index (χ3n) is 4.72. The summed E-state index contributed by atoms with van der Waals surface area (Å²) in [7, 11) is 0. The number of nitrogens with zero attached hydrogens (tertiary/aromatic N) is 3. The molecule has 0 bridgehead atoms. The molecule has 0 saturated carbocycles. The summed E-state index contributed by atoms with van der Waals surface area (Å²) in [6.07, 6.45) is 3.39. The van der Waals surface area contributed by atoms with E-state index in [0.717, 1.165) is 11.2 Å². The molecule has 0 radical (unpaired) electrons. The molecule has 0 aliphatic carbocycles. The topological polar surface area (TPSA) is 108 Å². The highest BCUT2D eigenvalue weighted by molar-refractivity contribution is 6.14. The summed E-state index contributed by atoms with van der Waals surface area (Å²) < 4.78 is 1.86. The molecule has 4 aromatic rings. The van der Waals surface area contributed by atoms with Crippen molar-refractivity contribution in [1.82, 2.24) is 9.55 Å². The van der Waals surface area contributed by atoms with Crippen LogP contribution in [0.15, 0.2) is 73.1 Å². The SMILES string of the molecule is N#Cc1ccc2c(C(=O)Nc3ccccc3C(=O)O)cn(Cc3ccccn3)c2c1. The molecule has 0 aliphatic rings. The van der Waals surface area contributed by atoms with Crippen molar-refractivity contribution in [2.45, 2.75) is 6.54 Å². The fourth-order valence-electron chi connectivity index (χ4n) is 3.31. The Balaban J connectivity index is 1.76.